The van der Waals surface area contributed by atoms with Crippen LogP contribution >= 0.6 is 27.7 Å². The minimum atomic E-state index is -0.507. The van der Waals surface area contributed by atoms with Crippen LogP contribution < -0.4 is 19.5 Å². The number of rotatable bonds is 8. The van der Waals surface area contributed by atoms with E-state index in [1.165, 1.54) is 26.0 Å². The summed E-state index contributed by atoms with van der Waals surface area (Å²) in [6, 6.07) is 10.7. The molecule has 0 unspecified atom stereocenters. The summed E-state index contributed by atoms with van der Waals surface area (Å²) < 4.78 is 21.5. The van der Waals surface area contributed by atoms with Crippen LogP contribution in [0.2, 0.25) is 0 Å². The van der Waals surface area contributed by atoms with Crippen LogP contribution in [0, 0.1) is 0 Å². The number of methoxy groups -OCH3 is 2. The fraction of sp³-hybridized carbons (Fsp3) is 0.227. The van der Waals surface area contributed by atoms with E-state index in [9.17, 15) is 9.59 Å². The molecule has 32 heavy (non-hydrogen) atoms. The summed E-state index contributed by atoms with van der Waals surface area (Å²) >= 11 is 4.70. The van der Waals surface area contributed by atoms with Gasteiger partial charge in [-0.1, -0.05) is 15.9 Å². The first kappa shape index (κ1) is 23.7. The summed E-state index contributed by atoms with van der Waals surface area (Å²) in [6.45, 7) is 2.26. The molecule has 1 fully saturated rings. The third-order valence-corrected chi connectivity index (χ3v) is 5.77. The number of amidine groups is 1. The van der Waals surface area contributed by atoms with Gasteiger partial charge in [0.15, 0.2) is 23.3 Å². The van der Waals surface area contributed by atoms with E-state index in [0.717, 1.165) is 5.75 Å². The molecule has 0 atom stereocenters. The molecule has 1 aliphatic rings. The van der Waals surface area contributed by atoms with Crippen LogP contribution in [0.1, 0.15) is 12.5 Å². The Morgan fingerprint density at radius 2 is 1.91 bits per heavy atom. The number of hydrogen-bond acceptors (Lipinski definition) is 8. The van der Waals surface area contributed by atoms with Crippen LogP contribution in [-0.2, 0) is 14.3 Å². The van der Waals surface area contributed by atoms with E-state index in [-0.39, 0.29) is 12.5 Å². The van der Waals surface area contributed by atoms with Crippen molar-refractivity contribution in [2.24, 2.45) is 4.99 Å². The highest BCUT2D eigenvalue weighted by Gasteiger charge is 2.24. The van der Waals surface area contributed by atoms with Gasteiger partial charge in [-0.3, -0.25) is 4.79 Å². The molecule has 1 N–H and O–H groups in total. The lowest BCUT2D eigenvalue weighted by Gasteiger charge is -2.12. The Labute approximate surface area is 198 Å². The lowest BCUT2D eigenvalue weighted by molar-refractivity contribution is -0.142. The molecule has 0 radical (unpaired) electrons. The Morgan fingerprint density at radius 3 is 2.56 bits per heavy atom. The van der Waals surface area contributed by atoms with Crippen LogP contribution in [-0.4, -0.2) is 44.5 Å². The van der Waals surface area contributed by atoms with Crippen molar-refractivity contribution < 1.29 is 28.5 Å². The minimum absolute atomic E-state index is 0.247. The van der Waals surface area contributed by atoms with Crippen molar-refractivity contribution in [3.05, 3.63) is 51.3 Å². The number of carbonyl (C=O) groups is 2. The lowest BCUT2D eigenvalue weighted by atomic mass is 10.2. The number of amides is 1. The second-order valence-electron chi connectivity index (χ2n) is 6.30. The molecule has 0 spiro atoms. The summed E-state index contributed by atoms with van der Waals surface area (Å²) in [5.41, 5.74) is 1.40. The first-order valence-electron chi connectivity index (χ1n) is 9.53. The van der Waals surface area contributed by atoms with Gasteiger partial charge in [0.25, 0.3) is 5.91 Å². The lowest BCUT2D eigenvalue weighted by Crippen LogP contribution is -2.19. The minimum Gasteiger partial charge on any atom is -0.494 e. The number of carbonyl (C=O) groups excluding carboxylic acids is 2. The predicted molar refractivity (Wildman–Crippen MR) is 127 cm³/mol. The molecule has 0 saturated carbocycles. The molecule has 1 amide bonds. The van der Waals surface area contributed by atoms with Crippen LogP contribution in [0.3, 0.4) is 0 Å². The molecule has 1 saturated heterocycles. The summed E-state index contributed by atoms with van der Waals surface area (Å²) in [4.78, 5) is 28.7. The van der Waals surface area contributed by atoms with E-state index in [1.54, 1.807) is 18.2 Å². The van der Waals surface area contributed by atoms with Crippen molar-refractivity contribution in [3.63, 3.8) is 0 Å². The molecular weight excluding hydrogens is 500 g/mol. The number of halogens is 1. The Balaban J connectivity index is 1.78. The normalized spacial score (nSPS) is 15.6. The van der Waals surface area contributed by atoms with Gasteiger partial charge in [0.2, 0.25) is 0 Å². The summed E-state index contributed by atoms with van der Waals surface area (Å²) in [5.74, 6) is 0.783. The smallest absolute Gasteiger partial charge is 0.343 e. The number of thioether (sulfide) groups is 1. The molecule has 10 heteroatoms. The highest BCUT2D eigenvalue weighted by Crippen LogP contribution is 2.36. The Morgan fingerprint density at radius 1 is 1.16 bits per heavy atom. The van der Waals surface area contributed by atoms with Gasteiger partial charge < -0.3 is 24.3 Å². The summed E-state index contributed by atoms with van der Waals surface area (Å²) in [5, 5.41) is 3.24. The number of benzene rings is 2. The zero-order valence-corrected chi connectivity index (χ0v) is 20.0. The SMILES string of the molecule is CCOc1ccc(N=C2NC(=O)/C(=C\c3cc(OC)c(OCC(=O)OC)cc3Br)S2)cc1. The number of nitrogens with zero attached hydrogens (tertiary/aromatic N) is 1. The average molecular weight is 521 g/mol. The van der Waals surface area contributed by atoms with Crippen LogP contribution in [0.15, 0.2) is 50.8 Å². The van der Waals surface area contributed by atoms with Gasteiger partial charge in [0.05, 0.1) is 31.4 Å². The van der Waals surface area contributed by atoms with Gasteiger partial charge in [-0.25, -0.2) is 9.79 Å². The van der Waals surface area contributed by atoms with Gasteiger partial charge in [0, 0.05) is 4.47 Å². The van der Waals surface area contributed by atoms with Gasteiger partial charge in [0.1, 0.15) is 5.75 Å². The van der Waals surface area contributed by atoms with Crippen molar-refractivity contribution in [1.82, 2.24) is 5.32 Å². The zero-order chi connectivity index (χ0) is 23.1. The van der Waals surface area contributed by atoms with Crippen molar-refractivity contribution >= 4 is 56.5 Å². The molecule has 8 nitrogen and oxygen atoms in total. The largest absolute Gasteiger partial charge is 0.494 e. The topological polar surface area (TPSA) is 95.5 Å². The Hall–Kier alpha value is -2.98. The highest BCUT2D eigenvalue weighted by atomic mass is 79.9. The number of hydrogen-bond donors (Lipinski definition) is 1. The molecule has 3 rings (SSSR count). The molecule has 0 aliphatic carbocycles. The highest BCUT2D eigenvalue weighted by molar-refractivity contribution is 9.10. The molecule has 1 aliphatic heterocycles. The first-order valence-corrected chi connectivity index (χ1v) is 11.1. The maximum absolute atomic E-state index is 12.4. The fourth-order valence-corrected chi connectivity index (χ4v) is 3.92. The van der Waals surface area contributed by atoms with E-state index in [0.29, 0.717) is 43.9 Å². The Bertz CT molecular complexity index is 1070. The maximum atomic E-state index is 12.4. The number of aliphatic imine (C=N–C) groups is 1. The van der Waals surface area contributed by atoms with Crippen LogP contribution in [0.4, 0.5) is 5.69 Å². The molecule has 2 aromatic rings. The van der Waals surface area contributed by atoms with Gasteiger partial charge in [-0.05, 0) is 66.7 Å². The Kier molecular flexibility index (Phi) is 8.18. The molecule has 2 aromatic carbocycles. The van der Waals surface area contributed by atoms with E-state index >= 15 is 0 Å². The third-order valence-electron chi connectivity index (χ3n) is 4.17. The fourth-order valence-electron chi connectivity index (χ4n) is 2.65. The van der Waals surface area contributed by atoms with E-state index in [2.05, 4.69) is 31.0 Å². The van der Waals surface area contributed by atoms with Gasteiger partial charge in [-0.15, -0.1) is 0 Å². The van der Waals surface area contributed by atoms with Crippen LogP contribution in [0.25, 0.3) is 6.08 Å². The maximum Gasteiger partial charge on any atom is 0.343 e. The molecule has 0 bridgehead atoms. The number of nitrogens with one attached hydrogen (secondary N) is 1. The molecule has 168 valence electrons. The van der Waals surface area contributed by atoms with E-state index in [1.807, 2.05) is 31.2 Å². The number of esters is 1. The van der Waals surface area contributed by atoms with Crippen molar-refractivity contribution in [1.29, 1.82) is 0 Å². The quantitative estimate of drug-likeness (QED) is 0.409. The summed E-state index contributed by atoms with van der Waals surface area (Å²) in [6.07, 6.45) is 1.72. The van der Waals surface area contributed by atoms with Crippen molar-refractivity contribution in [3.8, 4) is 17.2 Å². The van der Waals surface area contributed by atoms with Crippen LogP contribution in [0.5, 0.6) is 17.2 Å². The van der Waals surface area contributed by atoms with Gasteiger partial charge in [-0.2, -0.15) is 0 Å². The van der Waals surface area contributed by atoms with Crippen molar-refractivity contribution in [2.45, 2.75) is 6.92 Å². The van der Waals surface area contributed by atoms with E-state index in [4.69, 9.17) is 14.2 Å². The molecule has 1 heterocycles. The second kappa shape index (κ2) is 11.1. The van der Waals surface area contributed by atoms with Crippen molar-refractivity contribution in [2.75, 3.05) is 27.4 Å². The molecular formula is C22H21BrN2O6S. The first-order chi connectivity index (χ1) is 15.4. The standard InChI is InChI=1S/C22H21BrN2O6S/c1-4-30-15-7-5-14(6-8-15)24-22-25-21(27)19(32-22)10-13-9-17(28-2)18(11-16(13)23)31-12-20(26)29-3/h5-11H,4,12H2,1-3H3,(H,24,25,27)/b19-10+. The number of ether oxygens (including phenoxy) is 4. The molecule has 0 aromatic heterocycles. The van der Waals surface area contributed by atoms with E-state index < -0.39 is 5.97 Å². The predicted octanol–water partition coefficient (Wildman–Crippen LogP) is 4.30. The summed E-state index contributed by atoms with van der Waals surface area (Å²) in [7, 11) is 2.77. The average Bonchev–Trinajstić information content (AvgIpc) is 3.13. The third kappa shape index (κ3) is 6.04. The zero-order valence-electron chi connectivity index (χ0n) is 17.6. The second-order valence-corrected chi connectivity index (χ2v) is 8.18. The monoisotopic (exact) mass is 520 g/mol. The van der Waals surface area contributed by atoms with Gasteiger partial charge >= 0.3 is 5.97 Å².